The molecular weight excluding hydrogens is 288 g/mol. The quantitative estimate of drug-likeness (QED) is 0.814. The van der Waals surface area contributed by atoms with E-state index in [1.807, 2.05) is 6.92 Å². The molecule has 0 saturated heterocycles. The van der Waals surface area contributed by atoms with Crippen LogP contribution in [0.4, 0.5) is 8.78 Å². The summed E-state index contributed by atoms with van der Waals surface area (Å²) in [6.45, 7) is 2.23. The molecule has 0 radical (unpaired) electrons. The monoisotopic (exact) mass is 301 g/mol. The molecule has 0 aliphatic carbocycles. The van der Waals surface area contributed by atoms with E-state index in [1.54, 1.807) is 7.05 Å². The van der Waals surface area contributed by atoms with E-state index in [9.17, 15) is 13.6 Å². The van der Waals surface area contributed by atoms with Crippen LogP contribution >= 0.6 is 11.6 Å². The van der Waals surface area contributed by atoms with Gasteiger partial charge in [0.25, 0.3) is 0 Å². The van der Waals surface area contributed by atoms with Crippen molar-refractivity contribution in [3.63, 3.8) is 0 Å². The molecule has 1 aromatic heterocycles. The average Bonchev–Trinajstić information content (AvgIpc) is 2.80. The fourth-order valence-corrected chi connectivity index (χ4v) is 2.11. The second-order valence-electron chi connectivity index (χ2n) is 4.38. The van der Waals surface area contributed by atoms with Crippen LogP contribution in [-0.2, 0) is 17.2 Å². The van der Waals surface area contributed by atoms with Gasteiger partial charge in [0.15, 0.2) is 11.6 Å². The average molecular weight is 302 g/mol. The molecule has 2 rings (SSSR count). The van der Waals surface area contributed by atoms with Gasteiger partial charge in [0.05, 0.1) is 11.4 Å². The predicted molar refractivity (Wildman–Crippen MR) is 72.5 cm³/mol. The predicted octanol–water partition coefficient (Wildman–Crippen LogP) is 2.53. The minimum atomic E-state index is -1.02. The van der Waals surface area contributed by atoms with Gasteiger partial charge in [-0.25, -0.2) is 13.8 Å². The summed E-state index contributed by atoms with van der Waals surface area (Å²) in [7, 11) is 1.64. The number of amides is 1. The third-order valence-electron chi connectivity index (χ3n) is 3.19. The Balaban J connectivity index is 2.55. The van der Waals surface area contributed by atoms with Crippen molar-refractivity contribution in [2.24, 2.45) is 0 Å². The summed E-state index contributed by atoms with van der Waals surface area (Å²) in [6.07, 6.45) is 0. The molecule has 0 fully saturated rings. The van der Waals surface area contributed by atoms with Crippen LogP contribution in [-0.4, -0.2) is 34.0 Å². The van der Waals surface area contributed by atoms with E-state index in [0.29, 0.717) is 12.4 Å². The summed E-state index contributed by atoms with van der Waals surface area (Å²) < 4.78 is 28.6. The highest BCUT2D eigenvalue weighted by Gasteiger charge is 2.19. The zero-order valence-electron chi connectivity index (χ0n) is 11.2. The molecule has 0 atom stereocenters. The molecule has 1 aromatic carbocycles. The summed E-state index contributed by atoms with van der Waals surface area (Å²) >= 11 is 5.77. The standard InChI is InChI=1S/C13H14ClF2N3O/c1-3-18(2)11(20)7-19-10(6-14)17-9-5-4-8(15)12(16)13(9)19/h4-5H,3,6-7H2,1-2H3. The topological polar surface area (TPSA) is 38.1 Å². The van der Waals surface area contributed by atoms with Gasteiger partial charge < -0.3 is 9.47 Å². The number of hydrogen-bond acceptors (Lipinski definition) is 2. The van der Waals surface area contributed by atoms with Gasteiger partial charge in [-0.1, -0.05) is 0 Å². The van der Waals surface area contributed by atoms with Crippen molar-refractivity contribution in [2.75, 3.05) is 13.6 Å². The van der Waals surface area contributed by atoms with Crippen molar-refractivity contribution in [1.82, 2.24) is 14.5 Å². The molecule has 0 aliphatic rings. The molecule has 20 heavy (non-hydrogen) atoms. The second kappa shape index (κ2) is 5.75. The molecule has 2 aromatic rings. The SMILES string of the molecule is CCN(C)C(=O)Cn1c(CCl)nc2ccc(F)c(F)c21. The van der Waals surface area contributed by atoms with E-state index in [-0.39, 0.29) is 29.4 Å². The van der Waals surface area contributed by atoms with Crippen LogP contribution < -0.4 is 0 Å². The Labute approximate surface area is 119 Å². The van der Waals surface area contributed by atoms with E-state index < -0.39 is 11.6 Å². The minimum absolute atomic E-state index is 0.0128. The molecule has 0 bridgehead atoms. The van der Waals surface area contributed by atoms with Gasteiger partial charge in [0, 0.05) is 13.6 Å². The van der Waals surface area contributed by atoms with Crippen molar-refractivity contribution in [3.05, 3.63) is 29.6 Å². The minimum Gasteiger partial charge on any atom is -0.344 e. The van der Waals surface area contributed by atoms with Gasteiger partial charge in [0.1, 0.15) is 17.9 Å². The molecule has 1 heterocycles. The number of nitrogens with zero attached hydrogens (tertiary/aromatic N) is 3. The maximum atomic E-state index is 13.9. The molecule has 0 aliphatic heterocycles. The van der Waals surface area contributed by atoms with Crippen LogP contribution in [0.3, 0.4) is 0 Å². The number of rotatable bonds is 4. The highest BCUT2D eigenvalue weighted by atomic mass is 35.5. The lowest BCUT2D eigenvalue weighted by Gasteiger charge is -2.16. The molecule has 0 saturated carbocycles. The zero-order chi connectivity index (χ0) is 14.9. The molecule has 0 spiro atoms. The van der Waals surface area contributed by atoms with Crippen molar-refractivity contribution in [3.8, 4) is 0 Å². The van der Waals surface area contributed by atoms with Crippen molar-refractivity contribution < 1.29 is 13.6 Å². The number of carbonyl (C=O) groups excluding carboxylic acids is 1. The van der Waals surface area contributed by atoms with Crippen molar-refractivity contribution >= 4 is 28.5 Å². The molecular formula is C13H14ClF2N3O. The Morgan fingerprint density at radius 3 is 2.75 bits per heavy atom. The third-order valence-corrected chi connectivity index (χ3v) is 3.43. The molecule has 108 valence electrons. The normalized spacial score (nSPS) is 11.1. The summed E-state index contributed by atoms with van der Waals surface area (Å²) in [5, 5.41) is 0. The van der Waals surface area contributed by atoms with Crippen molar-refractivity contribution in [1.29, 1.82) is 0 Å². The highest BCUT2D eigenvalue weighted by Crippen LogP contribution is 2.23. The number of benzene rings is 1. The number of likely N-dealkylation sites (N-methyl/N-ethyl adjacent to an activating group) is 1. The first-order valence-corrected chi connectivity index (χ1v) is 6.66. The Bertz CT molecular complexity index is 657. The maximum absolute atomic E-state index is 13.9. The van der Waals surface area contributed by atoms with Gasteiger partial charge in [-0.2, -0.15) is 0 Å². The number of fused-ring (bicyclic) bond motifs is 1. The lowest BCUT2D eigenvalue weighted by Crippen LogP contribution is -2.30. The number of hydrogen-bond donors (Lipinski definition) is 0. The Morgan fingerprint density at radius 2 is 2.15 bits per heavy atom. The smallest absolute Gasteiger partial charge is 0.242 e. The first-order chi connectivity index (χ1) is 9.49. The highest BCUT2D eigenvalue weighted by molar-refractivity contribution is 6.16. The first kappa shape index (κ1) is 14.7. The Kier molecular flexibility index (Phi) is 4.23. The van der Waals surface area contributed by atoms with Gasteiger partial charge in [-0.05, 0) is 19.1 Å². The number of imidazole rings is 1. The lowest BCUT2D eigenvalue weighted by molar-refractivity contribution is -0.130. The van der Waals surface area contributed by atoms with E-state index in [2.05, 4.69) is 4.98 Å². The van der Waals surface area contributed by atoms with Crippen LogP contribution in [0.1, 0.15) is 12.7 Å². The fourth-order valence-electron chi connectivity index (χ4n) is 1.91. The van der Waals surface area contributed by atoms with Crippen LogP contribution in [0.2, 0.25) is 0 Å². The molecule has 4 nitrogen and oxygen atoms in total. The van der Waals surface area contributed by atoms with Crippen molar-refractivity contribution in [2.45, 2.75) is 19.3 Å². The first-order valence-electron chi connectivity index (χ1n) is 6.12. The van der Waals surface area contributed by atoms with Crippen LogP contribution in [0, 0.1) is 11.6 Å². The zero-order valence-corrected chi connectivity index (χ0v) is 11.9. The fraction of sp³-hybridized carbons (Fsp3) is 0.385. The van der Waals surface area contributed by atoms with Gasteiger partial charge in [-0.15, -0.1) is 11.6 Å². The van der Waals surface area contributed by atoms with Gasteiger partial charge >= 0.3 is 0 Å². The summed E-state index contributed by atoms with van der Waals surface area (Å²) in [6, 6.07) is 2.38. The molecule has 1 amide bonds. The number of carbonyl (C=O) groups is 1. The van der Waals surface area contributed by atoms with Gasteiger partial charge in [-0.3, -0.25) is 4.79 Å². The largest absolute Gasteiger partial charge is 0.344 e. The second-order valence-corrected chi connectivity index (χ2v) is 4.65. The van der Waals surface area contributed by atoms with Crippen LogP contribution in [0.5, 0.6) is 0 Å². The number of aromatic nitrogens is 2. The number of halogens is 3. The number of alkyl halides is 1. The third kappa shape index (κ3) is 2.47. The van der Waals surface area contributed by atoms with Crippen LogP contribution in [0.25, 0.3) is 11.0 Å². The summed E-state index contributed by atoms with van der Waals surface area (Å²) in [5.74, 6) is -1.86. The van der Waals surface area contributed by atoms with E-state index >= 15 is 0 Å². The lowest BCUT2D eigenvalue weighted by atomic mass is 10.3. The molecule has 7 heteroatoms. The maximum Gasteiger partial charge on any atom is 0.242 e. The van der Waals surface area contributed by atoms with Crippen LogP contribution in [0.15, 0.2) is 12.1 Å². The van der Waals surface area contributed by atoms with E-state index in [1.165, 1.54) is 15.5 Å². The Hall–Kier alpha value is -1.69. The van der Waals surface area contributed by atoms with E-state index in [0.717, 1.165) is 6.07 Å². The Morgan fingerprint density at radius 1 is 1.45 bits per heavy atom. The summed E-state index contributed by atoms with van der Waals surface area (Å²) in [5.41, 5.74) is 0.255. The van der Waals surface area contributed by atoms with E-state index in [4.69, 9.17) is 11.6 Å². The molecule has 0 unspecified atom stereocenters. The van der Waals surface area contributed by atoms with Gasteiger partial charge in [0.2, 0.25) is 5.91 Å². The molecule has 0 N–H and O–H groups in total. The summed E-state index contributed by atoms with van der Waals surface area (Å²) in [4.78, 5) is 17.6.